The van der Waals surface area contributed by atoms with Crippen LogP contribution in [0.4, 0.5) is 17.2 Å². The van der Waals surface area contributed by atoms with Crippen LogP contribution in [-0.4, -0.2) is 39.9 Å². The first-order valence-electron chi connectivity index (χ1n) is 6.78. The predicted molar refractivity (Wildman–Crippen MR) is 92.0 cm³/mol. The van der Waals surface area contributed by atoms with Crippen molar-refractivity contribution in [2.45, 2.75) is 16.8 Å². The van der Waals surface area contributed by atoms with E-state index in [-0.39, 0.29) is 11.4 Å². The maximum absolute atomic E-state index is 11.0. The molecule has 3 N–H and O–H groups in total. The minimum absolute atomic E-state index is 0.0954. The van der Waals surface area contributed by atoms with Gasteiger partial charge in [0.2, 0.25) is 0 Å². The number of non-ortho nitro benzene ring substituents is 1. The molecule has 0 unspecified atom stereocenters. The van der Waals surface area contributed by atoms with Gasteiger partial charge in [-0.15, -0.1) is 0 Å². The first-order valence-corrected chi connectivity index (χ1v) is 7.60. The van der Waals surface area contributed by atoms with E-state index < -0.39 is 4.92 Å². The summed E-state index contributed by atoms with van der Waals surface area (Å²) in [5.41, 5.74) is 7.08. The van der Waals surface area contributed by atoms with Crippen LogP contribution < -0.4 is 10.6 Å². The zero-order valence-corrected chi connectivity index (χ0v) is 14.1. The fourth-order valence-electron chi connectivity index (χ4n) is 1.97. The molecule has 0 saturated heterocycles. The van der Waals surface area contributed by atoms with Crippen LogP contribution in [-0.2, 0) is 0 Å². The number of nitrogens with two attached hydrogens (primary N) is 1. The Balaban J connectivity index is 2.50. The molecule has 0 saturated carbocycles. The highest BCUT2D eigenvalue weighted by Crippen LogP contribution is 2.36. The highest BCUT2D eigenvalue weighted by atomic mass is 32.2. The largest absolute Gasteiger partial charge is 0.411 e. The van der Waals surface area contributed by atoms with Crippen molar-refractivity contribution in [3.05, 3.63) is 40.2 Å². The molecule has 0 spiro atoms. The quantitative estimate of drug-likeness (QED) is 0.277. The van der Waals surface area contributed by atoms with Crippen molar-refractivity contribution < 1.29 is 10.1 Å². The number of oxime groups is 1. The fraction of sp³-hybridized carbons (Fsp3) is 0.214. The number of aromatic nitrogens is 2. The summed E-state index contributed by atoms with van der Waals surface area (Å²) in [5.74, 6) is 0.573. The Kier molecular flexibility index (Phi) is 5.19. The van der Waals surface area contributed by atoms with Crippen molar-refractivity contribution in [1.29, 1.82) is 0 Å². The van der Waals surface area contributed by atoms with E-state index in [1.165, 1.54) is 30.2 Å². The Hall–Kier alpha value is -2.88. The lowest BCUT2D eigenvalue weighted by molar-refractivity contribution is -0.384. The van der Waals surface area contributed by atoms with Crippen molar-refractivity contribution in [2.75, 3.05) is 24.7 Å². The van der Waals surface area contributed by atoms with Crippen LogP contribution >= 0.6 is 11.8 Å². The lowest BCUT2D eigenvalue weighted by atomic mass is 10.1. The molecule has 0 amide bonds. The number of hydrogen-bond acceptors (Lipinski definition) is 9. The van der Waals surface area contributed by atoms with Crippen molar-refractivity contribution in [3.63, 3.8) is 0 Å². The number of benzene rings is 1. The fourth-order valence-corrected chi connectivity index (χ4v) is 2.93. The van der Waals surface area contributed by atoms with Crippen molar-refractivity contribution in [1.82, 2.24) is 9.97 Å². The number of nitro groups is 1. The third-order valence-electron chi connectivity index (χ3n) is 3.17. The van der Waals surface area contributed by atoms with Gasteiger partial charge in [-0.25, -0.2) is 9.97 Å². The van der Waals surface area contributed by atoms with E-state index in [0.717, 1.165) is 0 Å². The van der Waals surface area contributed by atoms with Gasteiger partial charge in [-0.2, -0.15) is 0 Å². The van der Waals surface area contributed by atoms with E-state index in [0.29, 0.717) is 27.0 Å². The number of hydrogen-bond donors (Lipinski definition) is 2. The van der Waals surface area contributed by atoms with Crippen molar-refractivity contribution >= 4 is 34.7 Å². The van der Waals surface area contributed by atoms with Gasteiger partial charge in [-0.1, -0.05) is 16.9 Å². The minimum atomic E-state index is -0.508. The van der Waals surface area contributed by atoms with Crippen LogP contribution in [0.1, 0.15) is 12.5 Å². The molecular formula is C14H16N6O3S. The Morgan fingerprint density at radius 3 is 2.71 bits per heavy atom. The molecule has 0 radical (unpaired) electrons. The third kappa shape index (κ3) is 3.54. The molecule has 126 valence electrons. The summed E-state index contributed by atoms with van der Waals surface area (Å²) < 4.78 is 0. The summed E-state index contributed by atoms with van der Waals surface area (Å²) in [6, 6.07) is 4.30. The van der Waals surface area contributed by atoms with Gasteiger partial charge in [0.25, 0.3) is 5.69 Å². The second-order valence-electron chi connectivity index (χ2n) is 5.04. The average Bonchev–Trinajstić information content (AvgIpc) is 2.55. The Morgan fingerprint density at radius 2 is 2.12 bits per heavy atom. The van der Waals surface area contributed by atoms with E-state index in [2.05, 4.69) is 15.1 Å². The van der Waals surface area contributed by atoms with Gasteiger partial charge < -0.3 is 15.8 Å². The highest BCUT2D eigenvalue weighted by molar-refractivity contribution is 7.99. The van der Waals surface area contributed by atoms with Gasteiger partial charge >= 0.3 is 0 Å². The lowest BCUT2D eigenvalue weighted by Crippen LogP contribution is -2.14. The van der Waals surface area contributed by atoms with Gasteiger partial charge in [0.1, 0.15) is 17.0 Å². The molecule has 0 bridgehead atoms. The van der Waals surface area contributed by atoms with Crippen LogP contribution in [0.3, 0.4) is 0 Å². The standard InChI is InChI=1S/C14H16N6O3S/c1-8(18-21)10-6-9(20(22)23)4-5-11(10)24-14-12(15)13(19(2)3)16-7-17-14/h4-7,21H,15H2,1-3H3/b18-8+. The van der Waals surface area contributed by atoms with E-state index >= 15 is 0 Å². The number of nitrogen functional groups attached to an aromatic ring is 1. The normalized spacial score (nSPS) is 11.4. The third-order valence-corrected chi connectivity index (χ3v) is 4.26. The molecule has 0 atom stereocenters. The number of anilines is 2. The average molecular weight is 348 g/mol. The summed E-state index contributed by atoms with van der Waals surface area (Å²) in [6.07, 6.45) is 1.39. The number of nitrogens with zero attached hydrogens (tertiary/aromatic N) is 5. The zero-order chi connectivity index (χ0) is 17.9. The minimum Gasteiger partial charge on any atom is -0.411 e. The molecule has 10 heteroatoms. The highest BCUT2D eigenvalue weighted by Gasteiger charge is 2.17. The van der Waals surface area contributed by atoms with Gasteiger partial charge in [0.05, 0.1) is 10.6 Å². The van der Waals surface area contributed by atoms with Gasteiger partial charge in [-0.3, -0.25) is 10.1 Å². The molecule has 0 fully saturated rings. The van der Waals surface area contributed by atoms with E-state index in [1.807, 2.05) is 14.1 Å². The van der Waals surface area contributed by atoms with E-state index in [1.54, 1.807) is 17.9 Å². The molecular weight excluding hydrogens is 332 g/mol. The van der Waals surface area contributed by atoms with Crippen LogP contribution in [0.2, 0.25) is 0 Å². The molecule has 1 aromatic heterocycles. The molecule has 2 aromatic rings. The summed E-state index contributed by atoms with van der Waals surface area (Å²) in [4.78, 5) is 21.1. The topological polar surface area (TPSA) is 131 Å². The maximum atomic E-state index is 11.0. The first-order chi connectivity index (χ1) is 11.3. The molecule has 1 aromatic carbocycles. The van der Waals surface area contributed by atoms with Crippen LogP contribution in [0.15, 0.2) is 39.6 Å². The van der Waals surface area contributed by atoms with E-state index in [9.17, 15) is 10.1 Å². The van der Waals surface area contributed by atoms with Crippen LogP contribution in [0, 0.1) is 10.1 Å². The number of rotatable bonds is 5. The summed E-state index contributed by atoms with van der Waals surface area (Å²) in [7, 11) is 3.63. The molecule has 0 aliphatic rings. The molecule has 1 heterocycles. The summed E-state index contributed by atoms with van der Waals surface area (Å²) >= 11 is 1.22. The van der Waals surface area contributed by atoms with Gasteiger partial charge in [0, 0.05) is 36.7 Å². The maximum Gasteiger partial charge on any atom is 0.270 e. The second kappa shape index (κ2) is 7.13. The zero-order valence-electron chi connectivity index (χ0n) is 13.3. The second-order valence-corrected chi connectivity index (χ2v) is 6.07. The Labute approximate surface area is 142 Å². The monoisotopic (exact) mass is 348 g/mol. The summed E-state index contributed by atoms with van der Waals surface area (Å²) in [5, 5.41) is 23.6. The SMILES string of the molecule is C/C(=N\O)c1cc([N+](=O)[O-])ccc1Sc1ncnc(N(C)C)c1N. The van der Waals surface area contributed by atoms with Crippen molar-refractivity contribution in [2.24, 2.45) is 5.16 Å². The first kappa shape index (κ1) is 17.5. The van der Waals surface area contributed by atoms with Gasteiger partial charge in [0.15, 0.2) is 5.82 Å². The summed E-state index contributed by atoms with van der Waals surface area (Å²) in [6.45, 7) is 1.55. The van der Waals surface area contributed by atoms with Gasteiger partial charge in [-0.05, 0) is 13.0 Å². The van der Waals surface area contributed by atoms with Crippen molar-refractivity contribution in [3.8, 4) is 0 Å². The predicted octanol–water partition coefficient (Wildman–Crippen LogP) is 2.38. The Bertz CT molecular complexity index is 809. The molecule has 0 aliphatic carbocycles. The Morgan fingerprint density at radius 1 is 1.42 bits per heavy atom. The molecule has 0 aliphatic heterocycles. The number of nitro benzene ring substituents is 1. The molecule has 2 rings (SSSR count). The van der Waals surface area contributed by atoms with Crippen LogP contribution in [0.25, 0.3) is 0 Å². The molecule has 9 nitrogen and oxygen atoms in total. The lowest BCUT2D eigenvalue weighted by Gasteiger charge is -2.15. The van der Waals surface area contributed by atoms with Crippen LogP contribution in [0.5, 0.6) is 0 Å². The smallest absolute Gasteiger partial charge is 0.270 e. The van der Waals surface area contributed by atoms with E-state index in [4.69, 9.17) is 10.9 Å². The molecule has 24 heavy (non-hydrogen) atoms.